The Morgan fingerprint density at radius 3 is 2.59 bits per heavy atom. The summed E-state index contributed by atoms with van der Waals surface area (Å²) >= 11 is 2.06. The third-order valence-electron chi connectivity index (χ3n) is 3.52. The molecular formula is C15H23NS. The Bertz CT molecular complexity index is 375. The lowest BCUT2D eigenvalue weighted by Gasteiger charge is -2.34. The SMILES string of the molecule is CC(C)CSC1CC(C)c2ccccc2C1N. The molecule has 17 heavy (non-hydrogen) atoms. The Morgan fingerprint density at radius 1 is 1.29 bits per heavy atom. The van der Waals surface area contributed by atoms with E-state index in [2.05, 4.69) is 56.8 Å². The molecule has 3 unspecified atom stereocenters. The molecule has 0 aromatic heterocycles. The minimum atomic E-state index is 0.214. The van der Waals surface area contributed by atoms with E-state index in [1.54, 1.807) is 0 Å². The third kappa shape index (κ3) is 2.86. The molecule has 3 atom stereocenters. The Morgan fingerprint density at radius 2 is 1.94 bits per heavy atom. The summed E-state index contributed by atoms with van der Waals surface area (Å²) in [5.74, 6) is 2.61. The minimum Gasteiger partial charge on any atom is -0.323 e. The van der Waals surface area contributed by atoms with E-state index >= 15 is 0 Å². The first-order chi connectivity index (χ1) is 8.09. The van der Waals surface area contributed by atoms with Crippen molar-refractivity contribution in [3.05, 3.63) is 35.4 Å². The van der Waals surface area contributed by atoms with E-state index < -0.39 is 0 Å². The first kappa shape index (κ1) is 13.0. The van der Waals surface area contributed by atoms with Gasteiger partial charge in [-0.2, -0.15) is 11.8 Å². The van der Waals surface area contributed by atoms with Crippen LogP contribution in [0.1, 0.15) is 50.3 Å². The van der Waals surface area contributed by atoms with Crippen molar-refractivity contribution in [2.75, 3.05) is 5.75 Å². The van der Waals surface area contributed by atoms with E-state index in [4.69, 9.17) is 5.73 Å². The van der Waals surface area contributed by atoms with Crippen LogP contribution in [0.15, 0.2) is 24.3 Å². The van der Waals surface area contributed by atoms with Crippen LogP contribution >= 0.6 is 11.8 Å². The molecule has 1 aliphatic rings. The molecule has 0 saturated heterocycles. The fraction of sp³-hybridized carbons (Fsp3) is 0.600. The van der Waals surface area contributed by atoms with Gasteiger partial charge in [0.25, 0.3) is 0 Å². The lowest BCUT2D eigenvalue weighted by molar-refractivity contribution is 0.526. The predicted octanol–water partition coefficient (Wildman–Crippen LogP) is 3.95. The first-order valence-electron chi connectivity index (χ1n) is 6.55. The molecule has 2 rings (SSSR count). The van der Waals surface area contributed by atoms with Crippen LogP contribution in [-0.2, 0) is 0 Å². The molecule has 0 saturated carbocycles. The molecule has 0 fully saturated rings. The van der Waals surface area contributed by atoms with Crippen LogP contribution in [0.5, 0.6) is 0 Å². The molecule has 1 aromatic rings. The molecule has 2 N–H and O–H groups in total. The van der Waals surface area contributed by atoms with Crippen LogP contribution in [-0.4, -0.2) is 11.0 Å². The predicted molar refractivity (Wildman–Crippen MR) is 77.5 cm³/mol. The summed E-state index contributed by atoms with van der Waals surface area (Å²) in [6.45, 7) is 6.88. The van der Waals surface area contributed by atoms with Crippen LogP contribution in [0.4, 0.5) is 0 Å². The largest absolute Gasteiger partial charge is 0.323 e. The van der Waals surface area contributed by atoms with Crippen molar-refractivity contribution < 1.29 is 0 Å². The number of nitrogens with two attached hydrogens (primary N) is 1. The molecule has 0 spiro atoms. The van der Waals surface area contributed by atoms with Crippen molar-refractivity contribution in [1.82, 2.24) is 0 Å². The van der Waals surface area contributed by atoms with Crippen molar-refractivity contribution in [3.8, 4) is 0 Å². The van der Waals surface area contributed by atoms with Gasteiger partial charge in [-0.05, 0) is 35.1 Å². The maximum Gasteiger partial charge on any atom is 0.0418 e. The number of benzene rings is 1. The summed E-state index contributed by atoms with van der Waals surface area (Å²) < 4.78 is 0. The highest BCUT2D eigenvalue weighted by Crippen LogP contribution is 2.41. The molecule has 1 nitrogen and oxygen atoms in total. The smallest absolute Gasteiger partial charge is 0.0418 e. The van der Waals surface area contributed by atoms with E-state index in [1.165, 1.54) is 23.3 Å². The van der Waals surface area contributed by atoms with Gasteiger partial charge >= 0.3 is 0 Å². The summed E-state index contributed by atoms with van der Waals surface area (Å²) in [6, 6.07) is 8.90. The standard InChI is InChI=1S/C15H23NS/c1-10(2)9-17-14-8-11(3)12-6-4-5-7-13(12)15(14)16/h4-7,10-11,14-15H,8-9,16H2,1-3H3. The van der Waals surface area contributed by atoms with Crippen LogP contribution in [0.2, 0.25) is 0 Å². The third-order valence-corrected chi connectivity index (χ3v) is 5.29. The normalized spacial score (nSPS) is 28.2. The first-order valence-corrected chi connectivity index (χ1v) is 7.60. The Balaban J connectivity index is 2.15. The van der Waals surface area contributed by atoms with E-state index in [0.717, 1.165) is 5.92 Å². The highest BCUT2D eigenvalue weighted by Gasteiger charge is 2.30. The lowest BCUT2D eigenvalue weighted by Crippen LogP contribution is -2.31. The monoisotopic (exact) mass is 249 g/mol. The van der Waals surface area contributed by atoms with Gasteiger partial charge in [-0.3, -0.25) is 0 Å². The second kappa shape index (κ2) is 5.45. The van der Waals surface area contributed by atoms with Gasteiger partial charge < -0.3 is 5.73 Å². The zero-order valence-corrected chi connectivity index (χ0v) is 11.8. The molecule has 1 aromatic carbocycles. The number of hydrogen-bond donors (Lipinski definition) is 1. The molecule has 94 valence electrons. The van der Waals surface area contributed by atoms with E-state index in [1.807, 2.05) is 0 Å². The van der Waals surface area contributed by atoms with Crippen LogP contribution in [0.25, 0.3) is 0 Å². The molecule has 2 heteroatoms. The van der Waals surface area contributed by atoms with Crippen LogP contribution in [0, 0.1) is 5.92 Å². The summed E-state index contributed by atoms with van der Waals surface area (Å²) in [6.07, 6.45) is 1.22. The molecule has 1 aliphatic carbocycles. The molecule has 0 aliphatic heterocycles. The molecular weight excluding hydrogens is 226 g/mol. The zero-order chi connectivity index (χ0) is 12.4. The van der Waals surface area contributed by atoms with Gasteiger partial charge in [0.1, 0.15) is 0 Å². The highest BCUT2D eigenvalue weighted by atomic mass is 32.2. The average molecular weight is 249 g/mol. The summed E-state index contributed by atoms with van der Waals surface area (Å²) in [5.41, 5.74) is 9.25. The number of thioether (sulfide) groups is 1. The quantitative estimate of drug-likeness (QED) is 0.877. The maximum atomic E-state index is 6.42. The Kier molecular flexibility index (Phi) is 4.16. The van der Waals surface area contributed by atoms with Crippen molar-refractivity contribution in [2.45, 2.75) is 44.4 Å². The van der Waals surface area contributed by atoms with Crippen molar-refractivity contribution >= 4 is 11.8 Å². The molecule has 0 radical (unpaired) electrons. The fourth-order valence-electron chi connectivity index (χ4n) is 2.57. The van der Waals surface area contributed by atoms with Crippen LogP contribution < -0.4 is 5.73 Å². The second-order valence-electron chi connectivity index (χ2n) is 5.56. The van der Waals surface area contributed by atoms with Gasteiger partial charge in [0.2, 0.25) is 0 Å². The van der Waals surface area contributed by atoms with Crippen LogP contribution in [0.3, 0.4) is 0 Å². The van der Waals surface area contributed by atoms with Gasteiger partial charge in [-0.1, -0.05) is 45.0 Å². The van der Waals surface area contributed by atoms with E-state index in [0.29, 0.717) is 11.2 Å². The number of hydrogen-bond acceptors (Lipinski definition) is 2. The van der Waals surface area contributed by atoms with Gasteiger partial charge in [0.05, 0.1) is 0 Å². The fourth-order valence-corrected chi connectivity index (χ4v) is 3.98. The van der Waals surface area contributed by atoms with Gasteiger partial charge in [-0.25, -0.2) is 0 Å². The Labute approximate surface area is 109 Å². The van der Waals surface area contributed by atoms with E-state index in [9.17, 15) is 0 Å². The summed E-state index contributed by atoms with van der Waals surface area (Å²) in [7, 11) is 0. The van der Waals surface area contributed by atoms with E-state index in [-0.39, 0.29) is 6.04 Å². The number of rotatable bonds is 3. The van der Waals surface area contributed by atoms with Gasteiger partial charge in [-0.15, -0.1) is 0 Å². The Hall–Kier alpha value is -0.470. The minimum absolute atomic E-state index is 0.214. The van der Waals surface area contributed by atoms with Crippen molar-refractivity contribution in [3.63, 3.8) is 0 Å². The maximum absolute atomic E-state index is 6.42. The van der Waals surface area contributed by atoms with Crippen molar-refractivity contribution in [2.24, 2.45) is 11.7 Å². The summed E-state index contributed by atoms with van der Waals surface area (Å²) in [4.78, 5) is 0. The van der Waals surface area contributed by atoms with Gasteiger partial charge in [0, 0.05) is 11.3 Å². The van der Waals surface area contributed by atoms with Crippen molar-refractivity contribution in [1.29, 1.82) is 0 Å². The summed E-state index contributed by atoms with van der Waals surface area (Å²) in [5, 5.41) is 0.585. The zero-order valence-electron chi connectivity index (χ0n) is 11.0. The van der Waals surface area contributed by atoms with Gasteiger partial charge in [0.15, 0.2) is 0 Å². The lowest BCUT2D eigenvalue weighted by atomic mass is 9.81. The average Bonchev–Trinajstić information content (AvgIpc) is 2.32. The molecule has 0 bridgehead atoms. The molecule has 0 heterocycles. The molecule has 0 amide bonds. The highest BCUT2D eigenvalue weighted by molar-refractivity contribution is 7.99. The topological polar surface area (TPSA) is 26.0 Å². The number of fused-ring (bicyclic) bond motifs is 1. The second-order valence-corrected chi connectivity index (χ2v) is 6.83.